The van der Waals surface area contributed by atoms with Crippen molar-refractivity contribution in [2.75, 3.05) is 6.61 Å². The minimum absolute atomic E-state index is 0.616. The summed E-state index contributed by atoms with van der Waals surface area (Å²) in [5.41, 5.74) is 2.84. The molecule has 0 fully saturated rings. The summed E-state index contributed by atoms with van der Waals surface area (Å²) in [6, 6.07) is 11.5. The van der Waals surface area contributed by atoms with E-state index in [1.165, 1.54) is 0 Å². The van der Waals surface area contributed by atoms with E-state index in [4.69, 9.17) is 4.74 Å². The van der Waals surface area contributed by atoms with Gasteiger partial charge in [-0.05, 0) is 64.7 Å². The lowest BCUT2D eigenvalue weighted by atomic mass is 10.0. The van der Waals surface area contributed by atoms with Gasteiger partial charge < -0.3 is 9.84 Å². The largest absolute Gasteiger partial charge is 0.493 e. The predicted octanol–water partition coefficient (Wildman–Crippen LogP) is 5.00. The van der Waals surface area contributed by atoms with Gasteiger partial charge in [-0.2, -0.15) is 0 Å². The summed E-state index contributed by atoms with van der Waals surface area (Å²) in [5, 5.41) is 10.5. The van der Waals surface area contributed by atoms with E-state index in [9.17, 15) is 5.11 Å². The van der Waals surface area contributed by atoms with Crippen LogP contribution in [0.5, 0.6) is 5.75 Å². The number of aliphatic hydroxyl groups excluding tert-OH is 1. The van der Waals surface area contributed by atoms with Crippen molar-refractivity contribution in [1.29, 1.82) is 0 Å². The number of benzene rings is 2. The summed E-state index contributed by atoms with van der Waals surface area (Å²) in [6.07, 6.45) is -0.654. The summed E-state index contributed by atoms with van der Waals surface area (Å²) in [6.45, 7) is 4.58. The maximum atomic E-state index is 10.5. The van der Waals surface area contributed by atoms with Crippen LogP contribution in [0.4, 0.5) is 0 Å². The van der Waals surface area contributed by atoms with Crippen LogP contribution in [0.1, 0.15) is 29.7 Å². The number of ether oxygens (including phenoxy) is 1. The Hall–Kier alpha value is -0.840. The van der Waals surface area contributed by atoms with E-state index in [1.807, 2.05) is 50.2 Å². The number of hydrogen-bond donors (Lipinski definition) is 1. The van der Waals surface area contributed by atoms with Gasteiger partial charge in [0.15, 0.2) is 0 Å². The quantitative estimate of drug-likeness (QED) is 0.783. The number of halogens is 2. The van der Waals surface area contributed by atoms with Crippen LogP contribution in [0.2, 0.25) is 0 Å². The number of hydrogen-bond acceptors (Lipinski definition) is 2. The molecule has 0 aliphatic rings. The van der Waals surface area contributed by atoms with Gasteiger partial charge >= 0.3 is 0 Å². The Labute approximate surface area is 136 Å². The summed E-state index contributed by atoms with van der Waals surface area (Å²) in [4.78, 5) is 0. The molecule has 106 valence electrons. The highest BCUT2D eigenvalue weighted by atomic mass is 79.9. The van der Waals surface area contributed by atoms with E-state index in [0.29, 0.717) is 6.61 Å². The number of aryl methyl sites for hydroxylation is 1. The van der Waals surface area contributed by atoms with E-state index in [2.05, 4.69) is 31.9 Å². The minimum Gasteiger partial charge on any atom is -0.493 e. The zero-order valence-electron chi connectivity index (χ0n) is 11.4. The Morgan fingerprint density at radius 2 is 1.65 bits per heavy atom. The van der Waals surface area contributed by atoms with E-state index < -0.39 is 6.10 Å². The minimum atomic E-state index is -0.654. The van der Waals surface area contributed by atoms with Crippen LogP contribution in [-0.2, 0) is 0 Å². The van der Waals surface area contributed by atoms with Gasteiger partial charge in [-0.3, -0.25) is 0 Å². The lowest BCUT2D eigenvalue weighted by molar-refractivity contribution is 0.220. The second-order valence-corrected chi connectivity index (χ2v) is 6.24. The zero-order chi connectivity index (χ0) is 14.7. The van der Waals surface area contributed by atoms with Crippen LogP contribution >= 0.6 is 31.9 Å². The van der Waals surface area contributed by atoms with Crippen molar-refractivity contribution in [1.82, 2.24) is 0 Å². The molecule has 0 spiro atoms. The normalized spacial score (nSPS) is 12.2. The predicted molar refractivity (Wildman–Crippen MR) is 88.3 cm³/mol. The summed E-state index contributed by atoms with van der Waals surface area (Å²) < 4.78 is 7.32. The summed E-state index contributed by atoms with van der Waals surface area (Å²) in [5.74, 6) is 0.786. The molecule has 1 N–H and O–H groups in total. The van der Waals surface area contributed by atoms with Gasteiger partial charge in [0.2, 0.25) is 0 Å². The van der Waals surface area contributed by atoms with Crippen molar-refractivity contribution >= 4 is 31.9 Å². The van der Waals surface area contributed by atoms with Crippen molar-refractivity contribution in [2.24, 2.45) is 0 Å². The Balaban J connectivity index is 2.30. The molecule has 0 amide bonds. The first-order valence-corrected chi connectivity index (χ1v) is 7.98. The first kappa shape index (κ1) is 15.5. The first-order chi connectivity index (χ1) is 9.52. The molecule has 20 heavy (non-hydrogen) atoms. The van der Waals surface area contributed by atoms with Gasteiger partial charge in [0.25, 0.3) is 0 Å². The molecule has 0 bridgehead atoms. The highest BCUT2D eigenvalue weighted by Gasteiger charge is 2.13. The van der Waals surface area contributed by atoms with Crippen LogP contribution < -0.4 is 4.74 Å². The van der Waals surface area contributed by atoms with E-state index >= 15 is 0 Å². The Kier molecular flexibility index (Phi) is 5.24. The lowest BCUT2D eigenvalue weighted by Crippen LogP contribution is -2.01. The fourth-order valence-corrected chi connectivity index (χ4v) is 2.84. The summed E-state index contributed by atoms with van der Waals surface area (Å²) in [7, 11) is 0. The van der Waals surface area contributed by atoms with Gasteiger partial charge in [-0.25, -0.2) is 0 Å². The van der Waals surface area contributed by atoms with E-state index in [-0.39, 0.29) is 0 Å². The topological polar surface area (TPSA) is 29.5 Å². The van der Waals surface area contributed by atoms with Crippen LogP contribution in [-0.4, -0.2) is 11.7 Å². The van der Waals surface area contributed by atoms with Gasteiger partial charge in [-0.15, -0.1) is 0 Å². The molecule has 0 heterocycles. The Bertz CT molecular complexity index is 611. The molecule has 0 radical (unpaired) electrons. The summed E-state index contributed by atoms with van der Waals surface area (Å²) >= 11 is 6.96. The standard InChI is InChI=1S/C16H16Br2O2/c1-3-20-15-7-6-12(9-14(15)18)16(19)11-5-4-10(2)13(17)8-11/h4-9,16,19H,3H2,1-2H3. The van der Waals surface area contributed by atoms with Crippen molar-refractivity contribution in [3.05, 3.63) is 62.0 Å². The lowest BCUT2D eigenvalue weighted by Gasteiger charge is -2.14. The Morgan fingerprint density at radius 1 is 1.05 bits per heavy atom. The molecule has 1 unspecified atom stereocenters. The molecule has 2 nitrogen and oxygen atoms in total. The van der Waals surface area contributed by atoms with Crippen LogP contribution in [0.25, 0.3) is 0 Å². The third-order valence-corrected chi connectivity index (χ3v) is 4.56. The molecule has 0 saturated carbocycles. The number of rotatable bonds is 4. The maximum absolute atomic E-state index is 10.5. The molecule has 2 aromatic rings. The van der Waals surface area contributed by atoms with E-state index in [0.717, 1.165) is 31.4 Å². The second-order valence-electron chi connectivity index (χ2n) is 4.53. The Morgan fingerprint density at radius 3 is 2.20 bits per heavy atom. The fourth-order valence-electron chi connectivity index (χ4n) is 1.93. The monoisotopic (exact) mass is 398 g/mol. The second kappa shape index (κ2) is 6.74. The molecule has 0 saturated heterocycles. The smallest absolute Gasteiger partial charge is 0.133 e. The molecule has 0 aliphatic heterocycles. The molecular formula is C16H16Br2O2. The van der Waals surface area contributed by atoms with Crippen LogP contribution in [0, 0.1) is 6.92 Å². The van der Waals surface area contributed by atoms with Crippen molar-refractivity contribution < 1.29 is 9.84 Å². The first-order valence-electron chi connectivity index (χ1n) is 6.39. The van der Waals surface area contributed by atoms with Crippen molar-refractivity contribution in [3.8, 4) is 5.75 Å². The van der Waals surface area contributed by atoms with Gasteiger partial charge in [0.1, 0.15) is 11.9 Å². The molecule has 2 aromatic carbocycles. The SMILES string of the molecule is CCOc1ccc(C(O)c2ccc(C)c(Br)c2)cc1Br. The average Bonchev–Trinajstić information content (AvgIpc) is 2.43. The molecule has 2 rings (SSSR count). The highest BCUT2D eigenvalue weighted by Crippen LogP contribution is 2.32. The van der Waals surface area contributed by atoms with Gasteiger partial charge in [0.05, 0.1) is 11.1 Å². The zero-order valence-corrected chi connectivity index (χ0v) is 14.5. The third kappa shape index (κ3) is 3.43. The van der Waals surface area contributed by atoms with Crippen molar-refractivity contribution in [2.45, 2.75) is 20.0 Å². The maximum Gasteiger partial charge on any atom is 0.133 e. The van der Waals surface area contributed by atoms with Gasteiger partial charge in [0, 0.05) is 4.47 Å². The highest BCUT2D eigenvalue weighted by molar-refractivity contribution is 9.10. The third-order valence-electron chi connectivity index (χ3n) is 3.08. The van der Waals surface area contributed by atoms with Crippen molar-refractivity contribution in [3.63, 3.8) is 0 Å². The van der Waals surface area contributed by atoms with E-state index in [1.54, 1.807) is 0 Å². The molecular weight excluding hydrogens is 384 g/mol. The fraction of sp³-hybridized carbons (Fsp3) is 0.250. The number of aliphatic hydroxyl groups is 1. The molecule has 4 heteroatoms. The molecule has 0 aliphatic carbocycles. The molecule has 0 aromatic heterocycles. The van der Waals surface area contributed by atoms with Gasteiger partial charge in [-0.1, -0.05) is 34.1 Å². The van der Waals surface area contributed by atoms with Crippen LogP contribution in [0.15, 0.2) is 45.3 Å². The average molecular weight is 400 g/mol. The van der Waals surface area contributed by atoms with Crippen LogP contribution in [0.3, 0.4) is 0 Å². The molecule has 1 atom stereocenters.